The van der Waals surface area contributed by atoms with Gasteiger partial charge in [-0.1, -0.05) is 0 Å². The number of aromatic nitrogens is 2. The molecule has 1 amide bonds. The van der Waals surface area contributed by atoms with Crippen LogP contribution in [0.2, 0.25) is 0 Å². The van der Waals surface area contributed by atoms with Gasteiger partial charge in [0.2, 0.25) is 0 Å². The lowest BCUT2D eigenvalue weighted by atomic mass is 10.3. The number of carbonyl (C=O) groups excluding carboxylic acids is 1. The molecular weight excluding hydrogens is 238 g/mol. The van der Waals surface area contributed by atoms with Crippen LogP contribution in [0.1, 0.15) is 36.5 Å². The molecule has 4 nitrogen and oxygen atoms in total. The van der Waals surface area contributed by atoms with E-state index >= 15 is 0 Å². The van der Waals surface area contributed by atoms with E-state index in [0.717, 1.165) is 12.1 Å². The summed E-state index contributed by atoms with van der Waals surface area (Å²) in [7, 11) is 1.80. The van der Waals surface area contributed by atoms with Crippen LogP contribution in [-0.4, -0.2) is 39.6 Å². The molecule has 0 spiro atoms. The number of halogens is 1. The highest BCUT2D eigenvalue weighted by atomic mass is 35.5. The highest BCUT2D eigenvalue weighted by Crippen LogP contribution is 2.09. The van der Waals surface area contributed by atoms with E-state index in [2.05, 4.69) is 5.10 Å². The molecule has 1 aromatic rings. The third kappa shape index (κ3) is 3.73. The van der Waals surface area contributed by atoms with E-state index in [1.54, 1.807) is 16.6 Å². The predicted molar refractivity (Wildman–Crippen MR) is 69.5 cm³/mol. The maximum atomic E-state index is 12.2. The molecule has 1 atom stereocenters. The Hall–Kier alpha value is -1.03. The van der Waals surface area contributed by atoms with Crippen molar-refractivity contribution in [3.05, 3.63) is 17.5 Å². The van der Waals surface area contributed by atoms with Crippen LogP contribution in [0.25, 0.3) is 0 Å². The molecule has 1 heterocycles. The van der Waals surface area contributed by atoms with Crippen LogP contribution < -0.4 is 0 Å². The Labute approximate surface area is 108 Å². The van der Waals surface area contributed by atoms with E-state index < -0.39 is 0 Å². The molecule has 0 aliphatic heterocycles. The lowest BCUT2D eigenvalue weighted by Gasteiger charge is -2.18. The van der Waals surface area contributed by atoms with Gasteiger partial charge in [-0.2, -0.15) is 5.10 Å². The van der Waals surface area contributed by atoms with E-state index in [0.29, 0.717) is 18.8 Å². The van der Waals surface area contributed by atoms with Crippen LogP contribution >= 0.6 is 11.6 Å². The molecule has 0 aliphatic rings. The second kappa shape index (κ2) is 6.05. The second-order valence-corrected chi connectivity index (χ2v) is 5.03. The first-order chi connectivity index (χ1) is 7.95. The summed E-state index contributed by atoms with van der Waals surface area (Å²) in [6, 6.07) is 1.83. The van der Waals surface area contributed by atoms with Crippen molar-refractivity contribution in [2.75, 3.05) is 13.6 Å². The van der Waals surface area contributed by atoms with Crippen molar-refractivity contribution < 1.29 is 4.79 Å². The molecule has 1 unspecified atom stereocenters. The van der Waals surface area contributed by atoms with Gasteiger partial charge in [0.05, 0.1) is 5.69 Å². The van der Waals surface area contributed by atoms with Crippen molar-refractivity contribution >= 4 is 17.5 Å². The van der Waals surface area contributed by atoms with Crippen molar-refractivity contribution in [3.63, 3.8) is 0 Å². The fourth-order valence-corrected chi connectivity index (χ4v) is 1.72. The first-order valence-electron chi connectivity index (χ1n) is 5.89. The van der Waals surface area contributed by atoms with Crippen LogP contribution in [0.4, 0.5) is 0 Å². The normalized spacial score (nSPS) is 12.5. The fraction of sp³-hybridized carbons (Fsp3) is 0.667. The second-order valence-electron chi connectivity index (χ2n) is 4.28. The molecule has 0 aromatic carbocycles. The van der Waals surface area contributed by atoms with E-state index in [1.165, 1.54) is 0 Å². The van der Waals surface area contributed by atoms with Gasteiger partial charge in [-0.3, -0.25) is 9.48 Å². The molecule has 0 aliphatic carbocycles. The highest BCUT2D eigenvalue weighted by molar-refractivity contribution is 6.20. The molecule has 17 heavy (non-hydrogen) atoms. The predicted octanol–water partition coefficient (Wildman–Crippen LogP) is 2.30. The molecule has 96 valence electrons. The minimum Gasteiger partial charge on any atom is -0.340 e. The van der Waals surface area contributed by atoms with Gasteiger partial charge in [0.1, 0.15) is 5.69 Å². The lowest BCUT2D eigenvalue weighted by Crippen LogP contribution is -2.30. The Morgan fingerprint density at radius 3 is 2.82 bits per heavy atom. The van der Waals surface area contributed by atoms with Crippen LogP contribution in [0.5, 0.6) is 0 Å². The number of hydrogen-bond donors (Lipinski definition) is 0. The number of nitrogens with zero attached hydrogens (tertiary/aromatic N) is 3. The maximum absolute atomic E-state index is 12.2. The molecule has 5 heteroatoms. The van der Waals surface area contributed by atoms with Gasteiger partial charge in [0, 0.05) is 25.5 Å². The van der Waals surface area contributed by atoms with E-state index in [1.807, 2.05) is 26.8 Å². The van der Waals surface area contributed by atoms with Crippen LogP contribution in [0.15, 0.2) is 6.07 Å². The van der Waals surface area contributed by atoms with Gasteiger partial charge in [-0.15, -0.1) is 11.6 Å². The average molecular weight is 258 g/mol. The summed E-state index contributed by atoms with van der Waals surface area (Å²) in [6.45, 7) is 7.17. The summed E-state index contributed by atoms with van der Waals surface area (Å²) in [6.07, 6.45) is 0.795. The minimum atomic E-state index is 0.00441. The van der Waals surface area contributed by atoms with Gasteiger partial charge in [0.15, 0.2) is 0 Å². The fourth-order valence-electron chi connectivity index (χ4n) is 1.63. The molecular formula is C12H20ClN3O. The summed E-state index contributed by atoms with van der Waals surface area (Å²) < 4.78 is 1.73. The van der Waals surface area contributed by atoms with Gasteiger partial charge in [0.25, 0.3) is 5.91 Å². The summed E-state index contributed by atoms with van der Waals surface area (Å²) in [5.41, 5.74) is 1.52. The summed E-state index contributed by atoms with van der Waals surface area (Å²) >= 11 is 5.88. The number of hydrogen-bond acceptors (Lipinski definition) is 2. The minimum absolute atomic E-state index is 0.00441. The summed E-state index contributed by atoms with van der Waals surface area (Å²) in [5.74, 6) is 0.00441. The van der Waals surface area contributed by atoms with E-state index in [9.17, 15) is 4.79 Å². The molecule has 0 saturated carbocycles. The van der Waals surface area contributed by atoms with Crippen LogP contribution in [-0.2, 0) is 6.54 Å². The first-order valence-corrected chi connectivity index (χ1v) is 6.33. The summed E-state index contributed by atoms with van der Waals surface area (Å²) in [4.78, 5) is 13.9. The number of amides is 1. The first kappa shape index (κ1) is 14.0. The van der Waals surface area contributed by atoms with Crippen molar-refractivity contribution in [3.8, 4) is 0 Å². The Balaban J connectivity index is 2.74. The average Bonchev–Trinajstić information content (AvgIpc) is 2.66. The monoisotopic (exact) mass is 257 g/mol. The Morgan fingerprint density at radius 1 is 1.65 bits per heavy atom. The summed E-state index contributed by atoms with van der Waals surface area (Å²) in [5, 5.41) is 4.36. The van der Waals surface area contributed by atoms with E-state index in [-0.39, 0.29) is 11.3 Å². The number of carbonyl (C=O) groups is 1. The molecule has 0 N–H and O–H groups in total. The van der Waals surface area contributed by atoms with E-state index in [4.69, 9.17) is 11.6 Å². The Kier molecular flexibility index (Phi) is 5.00. The molecule has 1 rings (SSSR count). The number of aryl methyl sites for hydroxylation is 2. The quantitative estimate of drug-likeness (QED) is 0.760. The van der Waals surface area contributed by atoms with Crippen molar-refractivity contribution in [1.29, 1.82) is 0 Å². The molecule has 1 aromatic heterocycles. The SMILES string of the molecule is CCn1nc(C)cc1C(=O)N(C)CCC(C)Cl. The largest absolute Gasteiger partial charge is 0.340 e. The lowest BCUT2D eigenvalue weighted by molar-refractivity contribution is 0.0781. The third-order valence-corrected chi connectivity index (χ3v) is 2.85. The number of alkyl halides is 1. The zero-order valence-corrected chi connectivity index (χ0v) is 11.7. The van der Waals surface area contributed by atoms with Gasteiger partial charge >= 0.3 is 0 Å². The van der Waals surface area contributed by atoms with Gasteiger partial charge in [-0.05, 0) is 33.3 Å². The molecule has 0 radical (unpaired) electrons. The van der Waals surface area contributed by atoms with Crippen molar-refractivity contribution in [2.24, 2.45) is 0 Å². The molecule has 0 bridgehead atoms. The topological polar surface area (TPSA) is 38.1 Å². The Bertz CT molecular complexity index is 387. The Morgan fingerprint density at radius 2 is 2.29 bits per heavy atom. The number of rotatable bonds is 5. The van der Waals surface area contributed by atoms with Gasteiger partial charge in [-0.25, -0.2) is 0 Å². The molecule has 0 fully saturated rings. The highest BCUT2D eigenvalue weighted by Gasteiger charge is 2.17. The van der Waals surface area contributed by atoms with Crippen molar-refractivity contribution in [1.82, 2.24) is 14.7 Å². The van der Waals surface area contributed by atoms with Gasteiger partial charge < -0.3 is 4.90 Å². The van der Waals surface area contributed by atoms with Crippen LogP contribution in [0, 0.1) is 6.92 Å². The van der Waals surface area contributed by atoms with Crippen LogP contribution in [0.3, 0.4) is 0 Å². The standard InChI is InChI=1S/C12H20ClN3O/c1-5-16-11(8-10(3)14-16)12(17)15(4)7-6-9(2)13/h8-9H,5-7H2,1-4H3. The van der Waals surface area contributed by atoms with Crippen molar-refractivity contribution in [2.45, 2.75) is 39.1 Å². The zero-order valence-electron chi connectivity index (χ0n) is 10.9. The maximum Gasteiger partial charge on any atom is 0.271 e. The third-order valence-electron chi connectivity index (χ3n) is 2.63. The smallest absolute Gasteiger partial charge is 0.271 e. The zero-order chi connectivity index (χ0) is 13.0. The molecule has 0 saturated heterocycles.